The van der Waals surface area contributed by atoms with E-state index >= 15 is 0 Å². The zero-order valence-corrected chi connectivity index (χ0v) is 15.5. The van der Waals surface area contributed by atoms with Crippen molar-refractivity contribution >= 4 is 11.7 Å². The summed E-state index contributed by atoms with van der Waals surface area (Å²) in [5, 5.41) is 12.6. The maximum absolute atomic E-state index is 13.6. The highest BCUT2D eigenvalue weighted by Crippen LogP contribution is 2.33. The number of benzene rings is 2. The number of nitrogens with one attached hydrogen (secondary N) is 1. The van der Waals surface area contributed by atoms with E-state index in [2.05, 4.69) is 5.32 Å². The minimum absolute atomic E-state index is 0.0926. The minimum atomic E-state index is -0.428. The molecular formula is C21H25FN2O3. The lowest BCUT2D eigenvalue weighted by molar-refractivity contribution is 0.0468. The van der Waals surface area contributed by atoms with Gasteiger partial charge < -0.3 is 20.1 Å². The number of halogens is 1. The van der Waals surface area contributed by atoms with Crippen molar-refractivity contribution in [3.8, 4) is 11.5 Å². The monoisotopic (exact) mass is 372 g/mol. The zero-order chi connectivity index (χ0) is 19.3. The van der Waals surface area contributed by atoms with Gasteiger partial charge in [-0.2, -0.15) is 0 Å². The number of hydrogen-bond acceptors (Lipinski definition) is 3. The number of nitrogens with zero attached hydrogens (tertiary/aromatic N) is 1. The number of aliphatic hydroxyl groups excluding tert-OH is 1. The fourth-order valence-electron chi connectivity index (χ4n) is 3.37. The van der Waals surface area contributed by atoms with Crippen LogP contribution in [0.3, 0.4) is 0 Å². The van der Waals surface area contributed by atoms with E-state index in [-0.39, 0.29) is 23.8 Å². The van der Waals surface area contributed by atoms with E-state index in [1.54, 1.807) is 47.4 Å². The first kappa shape index (κ1) is 19.2. The normalized spacial score (nSPS) is 19.6. The molecule has 1 aliphatic rings. The molecule has 144 valence electrons. The second kappa shape index (κ2) is 8.39. The number of rotatable bonds is 5. The molecule has 2 aromatic carbocycles. The van der Waals surface area contributed by atoms with Crippen molar-refractivity contribution in [1.29, 1.82) is 0 Å². The van der Waals surface area contributed by atoms with Gasteiger partial charge in [0.15, 0.2) is 11.6 Å². The van der Waals surface area contributed by atoms with Crippen LogP contribution in [0.2, 0.25) is 0 Å². The summed E-state index contributed by atoms with van der Waals surface area (Å²) >= 11 is 0. The van der Waals surface area contributed by atoms with Crippen molar-refractivity contribution in [3.63, 3.8) is 0 Å². The second-order valence-electron chi connectivity index (χ2n) is 7.02. The number of hydrogen-bond donors (Lipinski definition) is 2. The second-order valence-corrected chi connectivity index (χ2v) is 7.02. The molecule has 0 saturated carbocycles. The Labute approximate surface area is 158 Å². The molecule has 0 bridgehead atoms. The first-order valence-electron chi connectivity index (χ1n) is 9.24. The summed E-state index contributed by atoms with van der Waals surface area (Å²) in [7, 11) is 0. The van der Waals surface area contributed by atoms with Crippen molar-refractivity contribution in [1.82, 2.24) is 4.90 Å². The third-order valence-electron chi connectivity index (χ3n) is 5.20. The van der Waals surface area contributed by atoms with Crippen LogP contribution in [-0.4, -0.2) is 35.7 Å². The number of ether oxygens (including phenoxy) is 1. The summed E-state index contributed by atoms with van der Waals surface area (Å²) in [6, 6.07) is 12.8. The fourth-order valence-corrected chi connectivity index (χ4v) is 3.37. The van der Waals surface area contributed by atoms with Crippen molar-refractivity contribution in [2.24, 2.45) is 5.41 Å². The number of carbonyl (C=O) groups excluding carboxylic acids is 1. The summed E-state index contributed by atoms with van der Waals surface area (Å²) < 4.78 is 19.2. The largest absolute Gasteiger partial charge is 0.454 e. The van der Waals surface area contributed by atoms with Gasteiger partial charge in [0.25, 0.3) is 0 Å². The lowest BCUT2D eigenvalue weighted by atomic mass is 9.78. The number of piperidine rings is 1. The Bertz CT molecular complexity index is 775. The quantitative estimate of drug-likeness (QED) is 0.804. The molecule has 1 aliphatic heterocycles. The number of aliphatic hydroxyl groups is 1. The van der Waals surface area contributed by atoms with Gasteiger partial charge in [-0.05, 0) is 55.7 Å². The van der Waals surface area contributed by atoms with Crippen LogP contribution in [0.25, 0.3) is 0 Å². The van der Waals surface area contributed by atoms with E-state index in [1.807, 2.05) is 6.92 Å². The maximum Gasteiger partial charge on any atom is 0.321 e. The Balaban J connectivity index is 1.61. The molecule has 1 saturated heterocycles. The van der Waals surface area contributed by atoms with Crippen molar-refractivity contribution in [2.75, 3.05) is 25.0 Å². The third kappa shape index (κ3) is 4.57. The molecule has 0 radical (unpaired) electrons. The van der Waals surface area contributed by atoms with Crippen LogP contribution in [0.1, 0.15) is 26.2 Å². The summed E-state index contributed by atoms with van der Waals surface area (Å²) in [5.74, 6) is 0.215. The zero-order valence-electron chi connectivity index (χ0n) is 15.5. The fraction of sp³-hybridized carbons (Fsp3) is 0.381. The summed E-state index contributed by atoms with van der Waals surface area (Å²) in [6.07, 6.45) is 2.67. The van der Waals surface area contributed by atoms with Gasteiger partial charge in [-0.15, -0.1) is 0 Å². The standard InChI is InChI=1S/C21H25FN2O3/c1-2-21(15-25)12-5-13-24(14-21)20(26)23-16-8-10-17(11-9-16)27-19-7-4-3-6-18(19)22/h3-4,6-11,25H,2,5,12-15H2,1H3,(H,23,26)/t21-/m0/s1. The average Bonchev–Trinajstić information content (AvgIpc) is 2.71. The van der Waals surface area contributed by atoms with E-state index in [9.17, 15) is 14.3 Å². The van der Waals surface area contributed by atoms with Gasteiger partial charge in [0.2, 0.25) is 0 Å². The van der Waals surface area contributed by atoms with Gasteiger partial charge in [-0.1, -0.05) is 19.1 Å². The molecule has 6 heteroatoms. The van der Waals surface area contributed by atoms with Crippen LogP contribution in [0, 0.1) is 11.2 Å². The van der Waals surface area contributed by atoms with Crippen LogP contribution in [-0.2, 0) is 0 Å². The molecule has 0 spiro atoms. The van der Waals surface area contributed by atoms with Crippen LogP contribution in [0.4, 0.5) is 14.9 Å². The number of amides is 2. The number of carbonyl (C=O) groups is 1. The van der Waals surface area contributed by atoms with E-state index in [1.165, 1.54) is 6.07 Å². The topological polar surface area (TPSA) is 61.8 Å². The molecule has 0 unspecified atom stereocenters. The molecule has 1 heterocycles. The van der Waals surface area contributed by atoms with Gasteiger partial charge in [-0.3, -0.25) is 0 Å². The van der Waals surface area contributed by atoms with Crippen molar-refractivity contribution in [3.05, 3.63) is 54.3 Å². The average molecular weight is 372 g/mol. The highest BCUT2D eigenvalue weighted by molar-refractivity contribution is 5.89. The van der Waals surface area contributed by atoms with Crippen LogP contribution in [0.5, 0.6) is 11.5 Å². The highest BCUT2D eigenvalue weighted by atomic mass is 19.1. The van der Waals surface area contributed by atoms with E-state index in [0.29, 0.717) is 24.5 Å². The summed E-state index contributed by atoms with van der Waals surface area (Å²) in [4.78, 5) is 14.3. The molecule has 1 atom stereocenters. The van der Waals surface area contributed by atoms with Gasteiger partial charge >= 0.3 is 6.03 Å². The molecule has 1 fully saturated rings. The first-order chi connectivity index (χ1) is 13.0. The predicted octanol–water partition coefficient (Wildman–Crippen LogP) is 4.63. The SMILES string of the molecule is CC[C@]1(CO)CCCN(C(=O)Nc2ccc(Oc3ccccc3F)cc2)C1. The number of para-hydroxylation sites is 1. The maximum atomic E-state index is 13.6. The van der Waals surface area contributed by atoms with Gasteiger partial charge in [-0.25, -0.2) is 9.18 Å². The summed E-state index contributed by atoms with van der Waals surface area (Å²) in [6.45, 7) is 3.38. The van der Waals surface area contributed by atoms with Crippen LogP contribution in [0.15, 0.2) is 48.5 Å². The number of urea groups is 1. The van der Waals surface area contributed by atoms with Gasteiger partial charge in [0.05, 0.1) is 6.61 Å². The Hall–Kier alpha value is -2.60. The molecular weight excluding hydrogens is 347 g/mol. The lowest BCUT2D eigenvalue weighted by Crippen LogP contribution is -2.49. The highest BCUT2D eigenvalue weighted by Gasteiger charge is 2.35. The smallest absolute Gasteiger partial charge is 0.321 e. The van der Waals surface area contributed by atoms with E-state index < -0.39 is 5.82 Å². The summed E-state index contributed by atoms with van der Waals surface area (Å²) in [5.41, 5.74) is 0.435. The van der Waals surface area contributed by atoms with Crippen molar-refractivity contribution in [2.45, 2.75) is 26.2 Å². The third-order valence-corrected chi connectivity index (χ3v) is 5.20. The Morgan fingerprint density at radius 2 is 2.00 bits per heavy atom. The van der Waals surface area contributed by atoms with Crippen LogP contribution >= 0.6 is 0 Å². The van der Waals surface area contributed by atoms with Gasteiger partial charge in [0.1, 0.15) is 5.75 Å². The number of anilines is 1. The molecule has 5 nitrogen and oxygen atoms in total. The van der Waals surface area contributed by atoms with E-state index in [0.717, 1.165) is 19.3 Å². The Kier molecular flexibility index (Phi) is 5.96. The molecule has 3 rings (SSSR count). The van der Waals surface area contributed by atoms with E-state index in [4.69, 9.17) is 4.74 Å². The molecule has 2 amide bonds. The molecule has 2 aromatic rings. The number of likely N-dealkylation sites (tertiary alicyclic amines) is 1. The van der Waals surface area contributed by atoms with Crippen molar-refractivity contribution < 1.29 is 19.0 Å². The molecule has 0 aliphatic carbocycles. The Morgan fingerprint density at radius 3 is 2.67 bits per heavy atom. The molecule has 2 N–H and O–H groups in total. The van der Waals surface area contributed by atoms with Gasteiger partial charge in [0, 0.05) is 24.2 Å². The molecule has 27 heavy (non-hydrogen) atoms. The Morgan fingerprint density at radius 1 is 1.26 bits per heavy atom. The predicted molar refractivity (Wildman–Crippen MR) is 103 cm³/mol. The minimum Gasteiger partial charge on any atom is -0.454 e. The lowest BCUT2D eigenvalue weighted by Gasteiger charge is -2.41. The molecule has 0 aromatic heterocycles. The van der Waals surface area contributed by atoms with Crippen LogP contribution < -0.4 is 10.1 Å². The first-order valence-corrected chi connectivity index (χ1v) is 9.24.